The number of methoxy groups -OCH3 is 1. The second-order valence-electron chi connectivity index (χ2n) is 27.5. The standard InChI is InChI=1S/C70H80N4O2/c1-65(2,3)46-32-43(33-47(38-46)66(4,5)6)61-54-26-24-52(71-54)60(41-20-22-42(23-21-41)64(75)76-19)53-25-27-55(72-53)62(44-34-48(67(7,8)9)39-49(35-44)68(10,11)12)57-29-31-59(74-57)63(58-30-28-56(61)73-58)45-36-50(69(13,14)15)40-51(37-45)70(16,17)18/h20-40,71,74H,1-19H3. The summed E-state index contributed by atoms with van der Waals surface area (Å²) in [6.45, 7) is 41.3. The summed E-state index contributed by atoms with van der Waals surface area (Å²) in [6, 6.07) is 37.9. The van der Waals surface area contributed by atoms with Crippen molar-refractivity contribution in [2.45, 2.75) is 157 Å². The average Bonchev–Trinajstić information content (AvgIpc) is 4.20. The number of aromatic amines is 2. The number of nitrogens with one attached hydrogen (secondary N) is 2. The average molecular weight is 1010 g/mol. The smallest absolute Gasteiger partial charge is 0.337 e. The number of H-pyrrole nitrogens is 2. The van der Waals surface area contributed by atoms with Crippen LogP contribution in [-0.2, 0) is 37.2 Å². The van der Waals surface area contributed by atoms with Gasteiger partial charge in [-0.25, -0.2) is 14.8 Å². The van der Waals surface area contributed by atoms with E-state index in [0.29, 0.717) is 5.56 Å². The van der Waals surface area contributed by atoms with E-state index in [2.05, 4.69) is 238 Å². The quantitative estimate of drug-likeness (QED) is 0.168. The number of fused-ring (bicyclic) bond motifs is 8. The van der Waals surface area contributed by atoms with Gasteiger partial charge in [0.05, 0.1) is 35.4 Å². The summed E-state index contributed by atoms with van der Waals surface area (Å²) in [6.07, 6.45) is 8.72. The molecule has 2 N–H and O–H groups in total. The third kappa shape index (κ3) is 10.7. The van der Waals surface area contributed by atoms with Gasteiger partial charge in [0, 0.05) is 44.3 Å². The molecule has 2 aliphatic rings. The van der Waals surface area contributed by atoms with Crippen LogP contribution >= 0.6 is 0 Å². The highest BCUT2D eigenvalue weighted by atomic mass is 16.5. The first kappa shape index (κ1) is 53.8. The van der Waals surface area contributed by atoms with Crippen molar-refractivity contribution in [2.24, 2.45) is 0 Å². The Morgan fingerprint density at radius 3 is 0.803 bits per heavy atom. The molecule has 0 saturated carbocycles. The second kappa shape index (κ2) is 18.9. The molecular formula is C70H80N4O2. The number of hydrogen-bond acceptors (Lipinski definition) is 4. The fourth-order valence-corrected chi connectivity index (χ4v) is 10.2. The number of benzene rings is 4. The van der Waals surface area contributed by atoms with Gasteiger partial charge in [-0.1, -0.05) is 191 Å². The number of esters is 1. The van der Waals surface area contributed by atoms with Crippen molar-refractivity contribution in [3.8, 4) is 44.5 Å². The molecule has 76 heavy (non-hydrogen) atoms. The van der Waals surface area contributed by atoms with E-state index in [-0.39, 0.29) is 38.5 Å². The predicted octanol–water partition coefficient (Wildman–Crippen LogP) is 18.9. The fourth-order valence-electron chi connectivity index (χ4n) is 10.2. The lowest BCUT2D eigenvalue weighted by Gasteiger charge is -2.26. The van der Waals surface area contributed by atoms with Crippen molar-refractivity contribution in [2.75, 3.05) is 7.11 Å². The highest BCUT2D eigenvalue weighted by Gasteiger charge is 2.28. The first-order valence-corrected chi connectivity index (χ1v) is 27.1. The molecule has 2 aliphatic heterocycles. The molecule has 6 heteroatoms. The van der Waals surface area contributed by atoms with Gasteiger partial charge in [0.1, 0.15) is 0 Å². The third-order valence-electron chi connectivity index (χ3n) is 15.2. The lowest BCUT2D eigenvalue weighted by molar-refractivity contribution is 0.0600. The summed E-state index contributed by atoms with van der Waals surface area (Å²) in [7, 11) is 1.41. The van der Waals surface area contributed by atoms with Crippen molar-refractivity contribution in [3.05, 3.63) is 165 Å². The zero-order valence-corrected chi connectivity index (χ0v) is 48.8. The molecule has 0 saturated heterocycles. The van der Waals surface area contributed by atoms with Crippen LogP contribution in [0.5, 0.6) is 0 Å². The Morgan fingerprint density at radius 2 is 0.579 bits per heavy atom. The van der Waals surface area contributed by atoms with Gasteiger partial charge in [-0.3, -0.25) is 0 Å². The summed E-state index contributed by atoms with van der Waals surface area (Å²) in [5.41, 5.74) is 22.7. The molecule has 7 aromatic rings. The first-order chi connectivity index (χ1) is 35.3. The number of carbonyl (C=O) groups is 1. The van der Waals surface area contributed by atoms with Gasteiger partial charge < -0.3 is 14.7 Å². The van der Waals surface area contributed by atoms with Crippen LogP contribution in [0.1, 0.15) is 191 Å². The summed E-state index contributed by atoms with van der Waals surface area (Å²) in [5.74, 6) is -0.382. The van der Waals surface area contributed by atoms with E-state index in [4.69, 9.17) is 14.7 Å². The van der Waals surface area contributed by atoms with Gasteiger partial charge in [-0.05, 0) is 149 Å². The van der Waals surface area contributed by atoms with Crippen molar-refractivity contribution >= 4 is 52.3 Å². The lowest BCUT2D eigenvalue weighted by Crippen LogP contribution is -2.16. The van der Waals surface area contributed by atoms with Gasteiger partial charge in [0.25, 0.3) is 0 Å². The second-order valence-corrected chi connectivity index (χ2v) is 27.5. The maximum absolute atomic E-state index is 12.8. The molecule has 9 rings (SSSR count). The number of rotatable bonds is 5. The Hall–Kier alpha value is -7.05. The topological polar surface area (TPSA) is 83.7 Å². The fraction of sp³-hybridized carbons (Fsp3) is 0.357. The molecule has 0 spiro atoms. The summed E-state index contributed by atoms with van der Waals surface area (Å²) < 4.78 is 5.14. The number of carbonyl (C=O) groups excluding carboxylic acids is 1. The van der Waals surface area contributed by atoms with E-state index in [1.54, 1.807) is 0 Å². The number of aromatic nitrogens is 4. The van der Waals surface area contributed by atoms with Gasteiger partial charge in [0.2, 0.25) is 0 Å². The zero-order valence-electron chi connectivity index (χ0n) is 48.8. The van der Waals surface area contributed by atoms with E-state index in [0.717, 1.165) is 89.4 Å². The third-order valence-corrected chi connectivity index (χ3v) is 15.2. The largest absolute Gasteiger partial charge is 0.465 e. The van der Waals surface area contributed by atoms with Crippen LogP contribution in [-0.4, -0.2) is 33.0 Å². The van der Waals surface area contributed by atoms with Gasteiger partial charge >= 0.3 is 5.97 Å². The number of hydrogen-bond donors (Lipinski definition) is 2. The summed E-state index contributed by atoms with van der Waals surface area (Å²) in [4.78, 5) is 32.3. The summed E-state index contributed by atoms with van der Waals surface area (Å²) >= 11 is 0. The zero-order chi connectivity index (χ0) is 55.2. The molecule has 8 bridgehead atoms. The molecule has 6 nitrogen and oxygen atoms in total. The molecule has 0 amide bonds. The van der Waals surface area contributed by atoms with Crippen molar-refractivity contribution in [3.63, 3.8) is 0 Å². The summed E-state index contributed by atoms with van der Waals surface area (Å²) in [5, 5.41) is 0. The maximum atomic E-state index is 12.8. The molecule has 392 valence electrons. The molecule has 5 heterocycles. The lowest BCUT2D eigenvalue weighted by atomic mass is 9.78. The minimum atomic E-state index is -0.382. The van der Waals surface area contributed by atoms with Crippen LogP contribution in [0.25, 0.3) is 90.9 Å². The van der Waals surface area contributed by atoms with E-state index in [1.165, 1.54) is 40.5 Å². The molecule has 0 aliphatic carbocycles. The Balaban J connectivity index is 1.52. The van der Waals surface area contributed by atoms with Crippen LogP contribution in [0.2, 0.25) is 0 Å². The van der Waals surface area contributed by atoms with E-state index < -0.39 is 0 Å². The molecule has 3 aromatic heterocycles. The van der Waals surface area contributed by atoms with Crippen LogP contribution in [0.3, 0.4) is 0 Å². The van der Waals surface area contributed by atoms with Crippen molar-refractivity contribution in [1.29, 1.82) is 0 Å². The SMILES string of the molecule is COC(=O)c1ccc(-c2c3nc(c(-c4cc(C(C)(C)C)cc(C(C)(C)C)c4)c4ccc([nH]4)c(-c4cc(C(C)(C)C)cc(C(C)(C)C)c4)c4nc(c(-c5cc(C(C)(C)C)cc(C(C)(C)C)c5)c5ccc2[nH]5)C=C4)C=C3)cc1. The normalized spacial score (nSPS) is 13.4. The Kier molecular flexibility index (Phi) is 13.4. The molecule has 0 fully saturated rings. The van der Waals surface area contributed by atoms with Crippen LogP contribution in [0.4, 0.5) is 0 Å². The van der Waals surface area contributed by atoms with Crippen LogP contribution < -0.4 is 0 Å². The van der Waals surface area contributed by atoms with Gasteiger partial charge in [-0.2, -0.15) is 0 Å². The Labute approximate surface area is 453 Å². The Bertz CT molecular complexity index is 3510. The first-order valence-electron chi connectivity index (χ1n) is 27.1. The maximum Gasteiger partial charge on any atom is 0.337 e. The monoisotopic (exact) mass is 1010 g/mol. The van der Waals surface area contributed by atoms with Crippen LogP contribution in [0.15, 0.2) is 103 Å². The highest BCUT2D eigenvalue weighted by Crippen LogP contribution is 2.44. The minimum absolute atomic E-state index is 0.111. The minimum Gasteiger partial charge on any atom is -0.465 e. The predicted molar refractivity (Wildman–Crippen MR) is 324 cm³/mol. The molecule has 4 aromatic carbocycles. The van der Waals surface area contributed by atoms with Crippen LogP contribution in [0, 0.1) is 0 Å². The number of ether oxygens (including phenoxy) is 1. The molecule has 0 radical (unpaired) electrons. The van der Waals surface area contributed by atoms with Crippen molar-refractivity contribution in [1.82, 2.24) is 19.9 Å². The molecule has 0 atom stereocenters. The van der Waals surface area contributed by atoms with E-state index >= 15 is 0 Å². The Morgan fingerprint density at radius 1 is 0.342 bits per heavy atom. The molecule has 0 unspecified atom stereocenters. The van der Waals surface area contributed by atoms with E-state index in [9.17, 15) is 4.79 Å². The molecular weight excluding hydrogens is 929 g/mol. The van der Waals surface area contributed by atoms with Gasteiger partial charge in [-0.15, -0.1) is 0 Å². The van der Waals surface area contributed by atoms with Crippen molar-refractivity contribution < 1.29 is 9.53 Å². The van der Waals surface area contributed by atoms with Gasteiger partial charge in [0.15, 0.2) is 0 Å². The highest BCUT2D eigenvalue weighted by molar-refractivity contribution is 6.00. The number of nitrogens with zero attached hydrogens (tertiary/aromatic N) is 2. The van der Waals surface area contributed by atoms with E-state index in [1.807, 2.05) is 24.3 Å².